The van der Waals surface area contributed by atoms with Crippen LogP contribution < -0.4 is 5.32 Å². The number of carbonyl (C=O) groups excluding carboxylic acids is 2. The maximum Gasteiger partial charge on any atom is 0.236 e. The van der Waals surface area contributed by atoms with Gasteiger partial charge in [0.25, 0.3) is 0 Å². The quantitative estimate of drug-likeness (QED) is 0.728. The number of halogens is 1. The van der Waals surface area contributed by atoms with E-state index in [0.717, 1.165) is 13.1 Å². The van der Waals surface area contributed by atoms with Crippen molar-refractivity contribution in [2.24, 2.45) is 0 Å². The summed E-state index contributed by atoms with van der Waals surface area (Å²) in [6.45, 7) is 9.34. The molecule has 1 aliphatic rings. The Bertz CT molecular complexity index is 303. The predicted molar refractivity (Wildman–Crippen MR) is 82.1 cm³/mol. The van der Waals surface area contributed by atoms with Crippen LogP contribution in [0.2, 0.25) is 0 Å². The van der Waals surface area contributed by atoms with Crippen molar-refractivity contribution in [3.8, 4) is 0 Å². The van der Waals surface area contributed by atoms with Crippen molar-refractivity contribution in [2.45, 2.75) is 13.8 Å². The maximum atomic E-state index is 12.1. The van der Waals surface area contributed by atoms with E-state index in [1.807, 2.05) is 9.80 Å². The van der Waals surface area contributed by atoms with Crippen molar-refractivity contribution in [1.82, 2.24) is 20.0 Å². The van der Waals surface area contributed by atoms with E-state index in [1.54, 1.807) is 7.05 Å². The second-order valence-corrected chi connectivity index (χ2v) is 4.75. The van der Waals surface area contributed by atoms with Gasteiger partial charge in [0.2, 0.25) is 11.8 Å². The summed E-state index contributed by atoms with van der Waals surface area (Å²) >= 11 is 0. The number of rotatable bonds is 6. The van der Waals surface area contributed by atoms with Crippen LogP contribution in [-0.4, -0.2) is 85.9 Å². The summed E-state index contributed by atoms with van der Waals surface area (Å²) in [6, 6.07) is 0. The van der Waals surface area contributed by atoms with E-state index in [1.165, 1.54) is 0 Å². The number of carbonyl (C=O) groups is 2. The molecule has 0 saturated carbocycles. The molecule has 1 rings (SSSR count). The van der Waals surface area contributed by atoms with Gasteiger partial charge < -0.3 is 15.1 Å². The van der Waals surface area contributed by atoms with Crippen LogP contribution in [0, 0.1) is 0 Å². The van der Waals surface area contributed by atoms with Gasteiger partial charge in [0.05, 0.1) is 13.1 Å². The van der Waals surface area contributed by atoms with Gasteiger partial charge in [0, 0.05) is 26.2 Å². The zero-order valence-corrected chi connectivity index (χ0v) is 13.5. The number of amides is 2. The molecule has 118 valence electrons. The van der Waals surface area contributed by atoms with E-state index in [0.29, 0.717) is 39.3 Å². The van der Waals surface area contributed by atoms with Crippen molar-refractivity contribution in [2.75, 3.05) is 59.4 Å². The molecule has 7 heteroatoms. The molecule has 2 amide bonds. The zero-order valence-electron chi connectivity index (χ0n) is 12.7. The molecule has 1 fully saturated rings. The van der Waals surface area contributed by atoms with E-state index < -0.39 is 0 Å². The van der Waals surface area contributed by atoms with Crippen LogP contribution in [0.4, 0.5) is 0 Å². The van der Waals surface area contributed by atoms with E-state index in [-0.39, 0.29) is 24.2 Å². The first-order valence-corrected chi connectivity index (χ1v) is 7.04. The molecule has 0 spiro atoms. The van der Waals surface area contributed by atoms with E-state index in [2.05, 4.69) is 24.1 Å². The molecule has 0 aromatic heterocycles. The third kappa shape index (κ3) is 5.64. The third-order valence-corrected chi connectivity index (χ3v) is 3.57. The summed E-state index contributed by atoms with van der Waals surface area (Å²) in [6.07, 6.45) is 0. The molecule has 1 N–H and O–H groups in total. The summed E-state index contributed by atoms with van der Waals surface area (Å²) in [5.41, 5.74) is 0. The van der Waals surface area contributed by atoms with Crippen LogP contribution in [-0.2, 0) is 9.59 Å². The smallest absolute Gasteiger partial charge is 0.236 e. The second-order valence-electron chi connectivity index (χ2n) is 4.75. The lowest BCUT2D eigenvalue weighted by molar-refractivity contribution is -0.139. The van der Waals surface area contributed by atoms with Crippen molar-refractivity contribution < 1.29 is 9.59 Å². The lowest BCUT2D eigenvalue weighted by Crippen LogP contribution is -2.53. The Morgan fingerprint density at radius 3 is 1.85 bits per heavy atom. The summed E-state index contributed by atoms with van der Waals surface area (Å²) < 4.78 is 0. The minimum atomic E-state index is 0. The molecule has 0 aliphatic carbocycles. The standard InChI is InChI=1S/C13H26N4O2.ClH/c1-4-15(5-2)11-13(19)17-8-6-16(7-9-17)12(18)10-14-3;/h14H,4-11H2,1-3H3;1H. The molecule has 1 saturated heterocycles. The van der Waals surface area contributed by atoms with Gasteiger partial charge in [-0.3, -0.25) is 14.5 Å². The monoisotopic (exact) mass is 306 g/mol. The normalized spacial score (nSPS) is 15.2. The average molecular weight is 307 g/mol. The molecule has 0 aromatic carbocycles. The Morgan fingerprint density at radius 1 is 1.00 bits per heavy atom. The number of nitrogens with zero attached hydrogens (tertiary/aromatic N) is 3. The van der Waals surface area contributed by atoms with Crippen molar-refractivity contribution in [3.05, 3.63) is 0 Å². The lowest BCUT2D eigenvalue weighted by Gasteiger charge is -2.35. The fraction of sp³-hybridized carbons (Fsp3) is 0.846. The predicted octanol–water partition coefficient (Wildman–Crippen LogP) is -0.360. The van der Waals surface area contributed by atoms with Crippen LogP contribution in [0.5, 0.6) is 0 Å². The highest BCUT2D eigenvalue weighted by atomic mass is 35.5. The summed E-state index contributed by atoms with van der Waals surface area (Å²) in [7, 11) is 1.77. The van der Waals surface area contributed by atoms with Crippen LogP contribution in [0.3, 0.4) is 0 Å². The largest absolute Gasteiger partial charge is 0.338 e. The lowest BCUT2D eigenvalue weighted by atomic mass is 10.3. The number of hydrogen-bond acceptors (Lipinski definition) is 4. The summed E-state index contributed by atoms with van der Waals surface area (Å²) in [5, 5.41) is 2.86. The number of likely N-dealkylation sites (N-methyl/N-ethyl adjacent to an activating group) is 2. The molecular formula is C13H27ClN4O2. The molecule has 20 heavy (non-hydrogen) atoms. The molecule has 1 aliphatic heterocycles. The first-order chi connectivity index (χ1) is 9.12. The van der Waals surface area contributed by atoms with Crippen LogP contribution >= 0.6 is 12.4 Å². The molecule has 0 bridgehead atoms. The Hall–Kier alpha value is -0.850. The van der Waals surface area contributed by atoms with E-state index >= 15 is 0 Å². The Kier molecular flexibility index (Phi) is 9.54. The highest BCUT2D eigenvalue weighted by Gasteiger charge is 2.24. The van der Waals surface area contributed by atoms with Crippen LogP contribution in [0.25, 0.3) is 0 Å². The Labute approximate surface area is 127 Å². The van der Waals surface area contributed by atoms with Gasteiger partial charge in [-0.2, -0.15) is 0 Å². The molecule has 1 heterocycles. The zero-order chi connectivity index (χ0) is 14.3. The molecule has 0 unspecified atom stereocenters. The van der Waals surface area contributed by atoms with Gasteiger partial charge in [0.1, 0.15) is 0 Å². The number of hydrogen-bond donors (Lipinski definition) is 1. The minimum Gasteiger partial charge on any atom is -0.338 e. The highest BCUT2D eigenvalue weighted by molar-refractivity contribution is 5.85. The van der Waals surface area contributed by atoms with Gasteiger partial charge in [-0.25, -0.2) is 0 Å². The van der Waals surface area contributed by atoms with E-state index in [9.17, 15) is 9.59 Å². The molecular weight excluding hydrogens is 280 g/mol. The molecule has 0 aromatic rings. The highest BCUT2D eigenvalue weighted by Crippen LogP contribution is 2.03. The average Bonchev–Trinajstić information content (AvgIpc) is 2.45. The van der Waals surface area contributed by atoms with Crippen molar-refractivity contribution in [3.63, 3.8) is 0 Å². The van der Waals surface area contributed by atoms with Gasteiger partial charge in [0.15, 0.2) is 0 Å². The van der Waals surface area contributed by atoms with Gasteiger partial charge in [-0.1, -0.05) is 13.8 Å². The first kappa shape index (κ1) is 19.1. The minimum absolute atomic E-state index is 0. The van der Waals surface area contributed by atoms with E-state index in [4.69, 9.17) is 0 Å². The number of piperazine rings is 1. The van der Waals surface area contributed by atoms with Gasteiger partial charge >= 0.3 is 0 Å². The van der Waals surface area contributed by atoms with Crippen molar-refractivity contribution >= 4 is 24.2 Å². The number of nitrogens with one attached hydrogen (secondary N) is 1. The van der Waals surface area contributed by atoms with Crippen LogP contribution in [0.15, 0.2) is 0 Å². The molecule has 6 nitrogen and oxygen atoms in total. The third-order valence-electron chi connectivity index (χ3n) is 3.57. The van der Waals surface area contributed by atoms with Crippen LogP contribution in [0.1, 0.15) is 13.8 Å². The SMILES string of the molecule is CCN(CC)CC(=O)N1CCN(C(=O)CNC)CC1.Cl. The topological polar surface area (TPSA) is 55.9 Å². The van der Waals surface area contributed by atoms with Crippen molar-refractivity contribution in [1.29, 1.82) is 0 Å². The molecule has 0 atom stereocenters. The van der Waals surface area contributed by atoms with Gasteiger partial charge in [-0.15, -0.1) is 12.4 Å². The fourth-order valence-electron chi connectivity index (χ4n) is 2.21. The summed E-state index contributed by atoms with van der Waals surface area (Å²) in [4.78, 5) is 29.6. The maximum absolute atomic E-state index is 12.1. The summed E-state index contributed by atoms with van der Waals surface area (Å²) in [5.74, 6) is 0.280. The Morgan fingerprint density at radius 2 is 1.45 bits per heavy atom. The molecule has 0 radical (unpaired) electrons. The first-order valence-electron chi connectivity index (χ1n) is 7.04. The fourth-order valence-corrected chi connectivity index (χ4v) is 2.21. The van der Waals surface area contributed by atoms with Gasteiger partial charge in [-0.05, 0) is 20.1 Å². The second kappa shape index (κ2) is 9.96. The Balaban J connectivity index is 0.00000361.